The first-order chi connectivity index (χ1) is 17.9. The molecule has 0 spiro atoms. The van der Waals surface area contributed by atoms with E-state index in [0.717, 1.165) is 35.4 Å². The molecule has 0 heterocycles. The molecule has 0 aliphatic heterocycles. The van der Waals surface area contributed by atoms with Gasteiger partial charge in [-0.15, -0.1) is 0 Å². The minimum Gasteiger partial charge on any atom is -0.744 e. The Morgan fingerprint density at radius 2 is 1.44 bits per heavy atom. The Morgan fingerprint density at radius 1 is 0.829 bits per heavy atom. The van der Waals surface area contributed by atoms with Gasteiger partial charge >= 0.3 is 88.7 Å². The van der Waals surface area contributed by atoms with Crippen molar-refractivity contribution in [3.63, 3.8) is 0 Å². The van der Waals surface area contributed by atoms with E-state index >= 15 is 0 Å². The topological polar surface area (TPSA) is 211 Å². The maximum absolute atomic E-state index is 13.0. The number of rotatable bonds is 8. The fourth-order valence-corrected chi connectivity index (χ4v) is 5.69. The third-order valence-electron chi connectivity index (χ3n) is 5.38. The summed E-state index contributed by atoms with van der Waals surface area (Å²) < 4.78 is 76.0. The van der Waals surface area contributed by atoms with Gasteiger partial charge in [0.25, 0.3) is 5.91 Å². The van der Waals surface area contributed by atoms with Crippen LogP contribution in [0.5, 0.6) is 0 Å². The number of nitrogens with one attached hydrogen (secondary N) is 1. The molecule has 4 rings (SSSR count). The molecule has 0 bridgehead atoms. The third-order valence-corrected chi connectivity index (χ3v) is 7.68. The maximum Gasteiger partial charge on any atom is 1.00 e. The predicted molar refractivity (Wildman–Crippen MR) is 132 cm³/mol. The Bertz CT molecular complexity index is 1770. The summed E-state index contributed by atoms with van der Waals surface area (Å²) in [5, 5.41) is 14.8. The number of para-hydroxylation sites is 1. The molecule has 0 atom stereocenters. The molecule has 4 aromatic carbocycles. The van der Waals surface area contributed by atoms with Crippen molar-refractivity contribution in [2.45, 2.75) is 14.7 Å². The van der Waals surface area contributed by atoms with E-state index in [2.05, 4.69) is 14.7 Å². The fourth-order valence-electron chi connectivity index (χ4n) is 3.77. The number of carbonyl (C=O) groups is 1. The summed E-state index contributed by atoms with van der Waals surface area (Å²) in [4.78, 5) is 10.9. The second-order valence-electron chi connectivity index (χ2n) is 7.70. The summed E-state index contributed by atoms with van der Waals surface area (Å²) >= 11 is 0.171. The van der Waals surface area contributed by atoms with Crippen LogP contribution in [0.2, 0.25) is 0 Å². The number of hydrogen-bond acceptors (Lipinski definition) is 12. The van der Waals surface area contributed by atoms with Crippen LogP contribution in [0.25, 0.3) is 21.9 Å². The van der Waals surface area contributed by atoms with Crippen LogP contribution >= 0.6 is 12.0 Å². The SMILES string of the molecule is Nc1ccccc1-c1ccc(C(=O)Nc2ccc(S(=O)(=O)[O-])c3cc(SOO[O-])cc(S(=O)(=O)[O-])c23)cc1.[Na+].[Na+].[Na+]. The minimum atomic E-state index is -5.30. The molecule has 0 radical (unpaired) electrons. The second-order valence-corrected chi connectivity index (χ2v) is 11.2. The van der Waals surface area contributed by atoms with Crippen molar-refractivity contribution in [3.8, 4) is 11.1 Å². The van der Waals surface area contributed by atoms with Crippen molar-refractivity contribution in [3.05, 3.63) is 78.4 Å². The van der Waals surface area contributed by atoms with Crippen LogP contribution in [0.15, 0.2) is 87.5 Å². The van der Waals surface area contributed by atoms with Gasteiger partial charge in [-0.3, -0.25) is 9.83 Å². The zero-order valence-corrected chi connectivity index (χ0v) is 30.3. The first kappa shape index (κ1) is 38.5. The Balaban J connectivity index is 0.00000280. The molecule has 0 aliphatic carbocycles. The third kappa shape index (κ3) is 9.23. The average molecular weight is 645 g/mol. The summed E-state index contributed by atoms with van der Waals surface area (Å²) in [6.07, 6.45) is 0. The molecule has 3 N–H and O–H groups in total. The molecular formula is C23H15N2Na3O10S3. The van der Waals surface area contributed by atoms with Gasteiger partial charge in [-0.2, -0.15) is 4.33 Å². The van der Waals surface area contributed by atoms with Crippen molar-refractivity contribution >= 4 is 60.3 Å². The first-order valence-corrected chi connectivity index (χ1v) is 13.9. The fraction of sp³-hybridized carbons (Fsp3) is 0. The number of hydrogen-bond donors (Lipinski definition) is 2. The van der Waals surface area contributed by atoms with E-state index in [0.29, 0.717) is 5.69 Å². The summed E-state index contributed by atoms with van der Waals surface area (Å²) in [5.74, 6) is -0.729. The van der Waals surface area contributed by atoms with E-state index in [1.807, 2.05) is 0 Å². The number of amides is 1. The molecule has 41 heavy (non-hydrogen) atoms. The van der Waals surface area contributed by atoms with Gasteiger partial charge in [-0.05, 0) is 48.0 Å². The van der Waals surface area contributed by atoms with Gasteiger partial charge in [-0.1, -0.05) is 30.3 Å². The molecule has 1 amide bonds. The Labute approximate surface area is 305 Å². The summed E-state index contributed by atoms with van der Waals surface area (Å²) in [7, 11) is -10.5. The molecule has 0 unspecified atom stereocenters. The standard InChI is InChI=1S/C23H18N2O10S3.3Na/c24-18-4-2-1-3-16(18)13-5-7-14(8-6-13)23(26)25-19-9-10-20(37(28,29)30)17-11-15(36-35-34-27)12-21(22(17)19)38(31,32)33;;;/h1-12,27H,24H2,(H,25,26)(H,28,29,30)(H,31,32,33);;;/q;3*+1/p-3. The molecule has 0 saturated heterocycles. The zero-order valence-electron chi connectivity index (χ0n) is 21.8. The van der Waals surface area contributed by atoms with E-state index in [9.17, 15) is 36.0 Å². The van der Waals surface area contributed by atoms with E-state index in [1.54, 1.807) is 36.4 Å². The van der Waals surface area contributed by atoms with Crippen LogP contribution < -0.4 is 105 Å². The van der Waals surface area contributed by atoms with Crippen LogP contribution in [0.3, 0.4) is 0 Å². The van der Waals surface area contributed by atoms with Crippen LogP contribution in [0.1, 0.15) is 10.4 Å². The average Bonchev–Trinajstić information content (AvgIpc) is 2.86. The summed E-state index contributed by atoms with van der Waals surface area (Å²) in [6, 6.07) is 17.0. The van der Waals surface area contributed by atoms with E-state index in [4.69, 9.17) is 5.73 Å². The van der Waals surface area contributed by atoms with Gasteiger partial charge in [0.2, 0.25) is 0 Å². The Kier molecular flexibility index (Phi) is 15.0. The summed E-state index contributed by atoms with van der Waals surface area (Å²) in [5.41, 5.74) is 7.85. The number of fused-ring (bicyclic) bond motifs is 1. The van der Waals surface area contributed by atoms with Gasteiger partial charge in [0, 0.05) is 32.5 Å². The quantitative estimate of drug-likeness (QED) is 0.0458. The van der Waals surface area contributed by atoms with Crippen molar-refractivity contribution in [1.29, 1.82) is 0 Å². The van der Waals surface area contributed by atoms with Crippen molar-refractivity contribution < 1.29 is 134 Å². The van der Waals surface area contributed by atoms with Crippen molar-refractivity contribution in [1.82, 2.24) is 0 Å². The Hall–Kier alpha value is -0.540. The Morgan fingerprint density at radius 3 is 2.00 bits per heavy atom. The van der Waals surface area contributed by atoms with E-state index in [1.165, 1.54) is 12.1 Å². The van der Waals surface area contributed by atoms with E-state index in [-0.39, 0.29) is 117 Å². The smallest absolute Gasteiger partial charge is 0.744 e. The van der Waals surface area contributed by atoms with Crippen LogP contribution in [0, 0.1) is 0 Å². The molecular weight excluding hydrogens is 629 g/mol. The second kappa shape index (κ2) is 16.0. The number of carbonyl (C=O) groups excluding carboxylic acids is 1. The van der Waals surface area contributed by atoms with Gasteiger partial charge in [0.05, 0.1) is 27.5 Å². The maximum atomic E-state index is 13.0. The normalized spacial score (nSPS) is 11.1. The van der Waals surface area contributed by atoms with Crippen LogP contribution in [-0.4, -0.2) is 31.8 Å². The predicted octanol–water partition coefficient (Wildman–Crippen LogP) is -6.61. The molecule has 198 valence electrons. The number of nitrogen functional groups attached to an aromatic ring is 1. The minimum absolute atomic E-state index is 0. The van der Waals surface area contributed by atoms with Crippen molar-refractivity contribution in [2.75, 3.05) is 11.1 Å². The van der Waals surface area contributed by atoms with Gasteiger partial charge in [-0.25, -0.2) is 16.8 Å². The summed E-state index contributed by atoms with van der Waals surface area (Å²) in [6.45, 7) is 0. The van der Waals surface area contributed by atoms with Gasteiger partial charge < -0.3 is 25.4 Å². The molecule has 0 fully saturated rings. The molecule has 4 aromatic rings. The molecule has 0 aliphatic rings. The molecule has 18 heteroatoms. The van der Waals surface area contributed by atoms with Gasteiger partial charge in [0.15, 0.2) is 0 Å². The molecule has 0 saturated carbocycles. The number of benzene rings is 4. The number of anilines is 2. The van der Waals surface area contributed by atoms with Gasteiger partial charge in [0.1, 0.15) is 20.2 Å². The van der Waals surface area contributed by atoms with Crippen LogP contribution in [-0.2, 0) is 29.6 Å². The van der Waals surface area contributed by atoms with Crippen molar-refractivity contribution in [2.24, 2.45) is 0 Å². The van der Waals surface area contributed by atoms with E-state index < -0.39 is 46.7 Å². The first-order valence-electron chi connectivity index (χ1n) is 10.3. The molecule has 0 aromatic heterocycles. The molecule has 12 nitrogen and oxygen atoms in total. The number of nitrogens with two attached hydrogens (primary N) is 1. The largest absolute Gasteiger partial charge is 1.00 e. The van der Waals surface area contributed by atoms with Crippen LogP contribution in [0.4, 0.5) is 11.4 Å². The monoisotopic (exact) mass is 644 g/mol. The zero-order chi connectivity index (χ0) is 27.7.